The summed E-state index contributed by atoms with van der Waals surface area (Å²) in [7, 11) is 0. The largest absolute Gasteiger partial charge is 0.324 e. The van der Waals surface area contributed by atoms with Crippen LogP contribution in [0, 0.1) is 17.7 Å². The van der Waals surface area contributed by atoms with Gasteiger partial charge in [-0.2, -0.15) is 0 Å². The predicted octanol–water partition coefficient (Wildman–Crippen LogP) is 1.37. The van der Waals surface area contributed by atoms with E-state index >= 15 is 0 Å². The number of likely N-dealkylation sites (tertiary alicyclic amines) is 1. The number of nitrogens with one attached hydrogen (secondary N) is 2. The van der Waals surface area contributed by atoms with Gasteiger partial charge in [0.15, 0.2) is 0 Å². The van der Waals surface area contributed by atoms with Crippen LogP contribution in [0.2, 0.25) is 0 Å². The van der Waals surface area contributed by atoms with Crippen LogP contribution in [0.5, 0.6) is 0 Å². The SMILES string of the molecule is CCCCN1C(=O)[C@H]2C(C)NC3(C(=O)Nc4ccc(F)cc43)[C@H]2C1=O. The van der Waals surface area contributed by atoms with Gasteiger partial charge < -0.3 is 5.32 Å². The van der Waals surface area contributed by atoms with E-state index in [0.29, 0.717) is 17.8 Å². The third-order valence-corrected chi connectivity index (χ3v) is 5.65. The molecule has 2 N–H and O–H groups in total. The number of hydrogen-bond acceptors (Lipinski definition) is 4. The molecule has 4 rings (SSSR count). The van der Waals surface area contributed by atoms with Crippen LogP contribution < -0.4 is 10.6 Å². The number of hydrogen-bond donors (Lipinski definition) is 2. The third kappa shape index (κ3) is 1.96. The van der Waals surface area contributed by atoms with Crippen LogP contribution in [0.1, 0.15) is 32.3 Å². The fourth-order valence-corrected chi connectivity index (χ4v) is 4.53. The van der Waals surface area contributed by atoms with Crippen molar-refractivity contribution in [1.82, 2.24) is 10.2 Å². The van der Waals surface area contributed by atoms with E-state index in [-0.39, 0.29) is 17.9 Å². The Morgan fingerprint density at radius 2 is 2.00 bits per heavy atom. The zero-order chi connectivity index (χ0) is 17.9. The van der Waals surface area contributed by atoms with Crippen LogP contribution >= 0.6 is 0 Å². The van der Waals surface area contributed by atoms with E-state index in [4.69, 9.17) is 0 Å². The maximum Gasteiger partial charge on any atom is 0.250 e. The van der Waals surface area contributed by atoms with Gasteiger partial charge in [-0.15, -0.1) is 0 Å². The molecule has 3 amide bonds. The highest BCUT2D eigenvalue weighted by atomic mass is 19.1. The predicted molar refractivity (Wildman–Crippen MR) is 87.9 cm³/mol. The molecular formula is C18H20FN3O3. The maximum absolute atomic E-state index is 13.9. The van der Waals surface area contributed by atoms with Crippen LogP contribution in [0.4, 0.5) is 10.1 Å². The summed E-state index contributed by atoms with van der Waals surface area (Å²) in [4.78, 5) is 40.0. The van der Waals surface area contributed by atoms with E-state index in [2.05, 4.69) is 10.6 Å². The number of carbonyl (C=O) groups is 3. The number of anilines is 1. The van der Waals surface area contributed by atoms with Crippen LogP contribution in [-0.4, -0.2) is 35.2 Å². The van der Waals surface area contributed by atoms with Crippen molar-refractivity contribution in [3.63, 3.8) is 0 Å². The minimum absolute atomic E-state index is 0.238. The summed E-state index contributed by atoms with van der Waals surface area (Å²) in [6, 6.07) is 3.69. The van der Waals surface area contributed by atoms with Crippen LogP contribution in [0.3, 0.4) is 0 Å². The highest BCUT2D eigenvalue weighted by Crippen LogP contribution is 2.52. The number of imide groups is 1. The molecule has 132 valence electrons. The third-order valence-electron chi connectivity index (χ3n) is 5.65. The monoisotopic (exact) mass is 345 g/mol. The van der Waals surface area contributed by atoms with Gasteiger partial charge in [0.1, 0.15) is 11.4 Å². The second-order valence-electron chi connectivity index (χ2n) is 7.07. The lowest BCUT2D eigenvalue weighted by Crippen LogP contribution is -2.53. The molecule has 7 heteroatoms. The maximum atomic E-state index is 13.9. The van der Waals surface area contributed by atoms with Crippen molar-refractivity contribution in [2.45, 2.75) is 38.3 Å². The van der Waals surface area contributed by atoms with E-state index in [0.717, 1.165) is 12.8 Å². The van der Waals surface area contributed by atoms with Gasteiger partial charge in [-0.3, -0.25) is 24.6 Å². The highest BCUT2D eigenvalue weighted by Gasteiger charge is 2.69. The summed E-state index contributed by atoms with van der Waals surface area (Å²) in [5.74, 6) is -2.90. The molecular weight excluding hydrogens is 325 g/mol. The number of rotatable bonds is 3. The number of unbranched alkanes of at least 4 members (excludes halogenated alkanes) is 1. The second kappa shape index (κ2) is 5.36. The topological polar surface area (TPSA) is 78.5 Å². The Balaban J connectivity index is 1.83. The number of nitrogens with zero attached hydrogens (tertiary/aromatic N) is 1. The van der Waals surface area contributed by atoms with Crippen molar-refractivity contribution in [2.24, 2.45) is 11.8 Å². The van der Waals surface area contributed by atoms with Gasteiger partial charge in [-0.25, -0.2) is 4.39 Å². The Morgan fingerprint density at radius 1 is 1.24 bits per heavy atom. The smallest absolute Gasteiger partial charge is 0.250 e. The van der Waals surface area contributed by atoms with Crippen molar-refractivity contribution in [1.29, 1.82) is 0 Å². The molecule has 0 aliphatic carbocycles. The Hall–Kier alpha value is -2.28. The highest BCUT2D eigenvalue weighted by molar-refractivity contribution is 6.15. The summed E-state index contributed by atoms with van der Waals surface area (Å²) >= 11 is 0. The van der Waals surface area contributed by atoms with E-state index in [1.54, 1.807) is 6.92 Å². The molecule has 0 radical (unpaired) electrons. The average molecular weight is 345 g/mol. The van der Waals surface area contributed by atoms with E-state index in [1.807, 2.05) is 6.92 Å². The molecule has 1 spiro atoms. The lowest BCUT2D eigenvalue weighted by atomic mass is 9.76. The fourth-order valence-electron chi connectivity index (χ4n) is 4.53. The standard InChI is InChI=1S/C18H20FN3O3/c1-3-4-7-22-15(23)13-9(2)21-18(14(13)16(22)24)11-8-10(19)5-6-12(11)20-17(18)25/h5-6,8-9,13-14,21H,3-4,7H2,1-2H3,(H,20,25)/t9?,13-,14+,18?/m0/s1. The molecule has 1 aromatic rings. The van der Waals surface area contributed by atoms with Crippen LogP contribution in [0.25, 0.3) is 0 Å². The number of benzene rings is 1. The molecule has 0 saturated carbocycles. The molecule has 4 atom stereocenters. The molecule has 6 nitrogen and oxygen atoms in total. The first kappa shape index (κ1) is 16.2. The first-order chi connectivity index (χ1) is 11.9. The molecule has 2 unspecified atom stereocenters. The van der Waals surface area contributed by atoms with Gasteiger partial charge in [0.2, 0.25) is 17.7 Å². The Bertz CT molecular complexity index is 796. The van der Waals surface area contributed by atoms with Crippen molar-refractivity contribution >= 4 is 23.4 Å². The molecule has 3 aliphatic rings. The average Bonchev–Trinajstić information content (AvgIpc) is 3.12. The molecule has 2 saturated heterocycles. The zero-order valence-electron chi connectivity index (χ0n) is 14.1. The number of halogens is 1. The van der Waals surface area contributed by atoms with Crippen molar-refractivity contribution in [2.75, 3.05) is 11.9 Å². The van der Waals surface area contributed by atoms with Crippen LogP contribution in [-0.2, 0) is 19.9 Å². The first-order valence-electron chi connectivity index (χ1n) is 8.66. The van der Waals surface area contributed by atoms with Gasteiger partial charge in [-0.1, -0.05) is 13.3 Å². The van der Waals surface area contributed by atoms with E-state index < -0.39 is 29.1 Å². The van der Waals surface area contributed by atoms with Gasteiger partial charge in [0.25, 0.3) is 0 Å². The van der Waals surface area contributed by atoms with Gasteiger partial charge in [0, 0.05) is 23.8 Å². The lowest BCUT2D eigenvalue weighted by molar-refractivity contribution is -0.142. The minimum atomic E-state index is -1.38. The van der Waals surface area contributed by atoms with E-state index in [9.17, 15) is 18.8 Å². The Kier molecular flexibility index (Phi) is 3.47. The summed E-state index contributed by atoms with van der Waals surface area (Å²) in [5.41, 5.74) is -0.482. The second-order valence-corrected chi connectivity index (χ2v) is 7.07. The van der Waals surface area contributed by atoms with E-state index in [1.165, 1.54) is 23.1 Å². The number of fused-ring (bicyclic) bond motifs is 4. The van der Waals surface area contributed by atoms with Gasteiger partial charge >= 0.3 is 0 Å². The summed E-state index contributed by atoms with van der Waals surface area (Å²) in [6.07, 6.45) is 1.59. The van der Waals surface area contributed by atoms with Crippen molar-refractivity contribution in [3.8, 4) is 0 Å². The van der Waals surface area contributed by atoms with Gasteiger partial charge in [-0.05, 0) is 31.5 Å². The molecule has 3 aliphatic heterocycles. The quantitative estimate of drug-likeness (QED) is 0.811. The molecule has 0 aromatic heterocycles. The number of amides is 3. The molecule has 3 heterocycles. The summed E-state index contributed by atoms with van der Waals surface area (Å²) in [5, 5.41) is 5.89. The summed E-state index contributed by atoms with van der Waals surface area (Å²) in [6.45, 7) is 4.15. The first-order valence-corrected chi connectivity index (χ1v) is 8.66. The zero-order valence-corrected chi connectivity index (χ0v) is 14.1. The normalized spacial score (nSPS) is 33.2. The number of carbonyl (C=O) groups excluding carboxylic acids is 3. The van der Waals surface area contributed by atoms with Crippen LogP contribution in [0.15, 0.2) is 18.2 Å². The molecule has 0 bridgehead atoms. The minimum Gasteiger partial charge on any atom is -0.324 e. The lowest BCUT2D eigenvalue weighted by Gasteiger charge is -2.29. The molecule has 25 heavy (non-hydrogen) atoms. The summed E-state index contributed by atoms with van der Waals surface area (Å²) < 4.78 is 13.9. The molecule has 1 aromatic carbocycles. The molecule has 2 fully saturated rings. The Labute approximate surface area is 144 Å². The fraction of sp³-hybridized carbons (Fsp3) is 0.500. The van der Waals surface area contributed by atoms with Gasteiger partial charge in [0.05, 0.1) is 11.8 Å². The van der Waals surface area contributed by atoms with Crippen molar-refractivity contribution in [3.05, 3.63) is 29.6 Å². The van der Waals surface area contributed by atoms with Crippen molar-refractivity contribution < 1.29 is 18.8 Å². The Morgan fingerprint density at radius 3 is 2.72 bits per heavy atom.